The summed E-state index contributed by atoms with van der Waals surface area (Å²) in [5, 5.41) is 4.57. The van der Waals surface area contributed by atoms with Crippen molar-refractivity contribution in [2.75, 3.05) is 11.9 Å². The standard InChI is InChI=1S/C21H19N3S/c1-15-6-5-7-16(12-15)10-11-22-20-18-13-19(17-8-3-2-4-9-17)25-21(18)24-14-23-20/h2-9,12-14H,10-11H2,1H3,(H,22,23,24). The third kappa shape index (κ3) is 3.54. The van der Waals surface area contributed by atoms with Crippen molar-refractivity contribution in [2.24, 2.45) is 0 Å². The molecule has 4 heteroatoms. The molecule has 0 spiro atoms. The Kier molecular flexibility index (Phi) is 4.44. The lowest BCUT2D eigenvalue weighted by Crippen LogP contribution is -2.06. The molecule has 124 valence electrons. The first kappa shape index (κ1) is 15.8. The predicted octanol–water partition coefficient (Wildman–Crippen LogP) is 5.32. The number of benzene rings is 2. The average molecular weight is 345 g/mol. The van der Waals surface area contributed by atoms with E-state index in [0.29, 0.717) is 0 Å². The quantitative estimate of drug-likeness (QED) is 0.532. The van der Waals surface area contributed by atoms with Gasteiger partial charge in [-0.15, -0.1) is 11.3 Å². The van der Waals surface area contributed by atoms with Crippen molar-refractivity contribution in [2.45, 2.75) is 13.3 Å². The molecule has 0 fully saturated rings. The SMILES string of the molecule is Cc1cccc(CCNc2ncnc3sc(-c4ccccc4)cc23)c1. The van der Waals surface area contributed by atoms with E-state index in [-0.39, 0.29) is 0 Å². The molecule has 4 aromatic rings. The lowest BCUT2D eigenvalue weighted by Gasteiger charge is -2.07. The molecule has 0 aliphatic rings. The van der Waals surface area contributed by atoms with Crippen molar-refractivity contribution in [1.82, 2.24) is 9.97 Å². The summed E-state index contributed by atoms with van der Waals surface area (Å²) in [6.45, 7) is 2.98. The molecule has 0 radical (unpaired) electrons. The van der Waals surface area contributed by atoms with Crippen molar-refractivity contribution >= 4 is 27.4 Å². The van der Waals surface area contributed by atoms with Gasteiger partial charge in [0.2, 0.25) is 0 Å². The molecule has 0 amide bonds. The maximum atomic E-state index is 4.45. The van der Waals surface area contributed by atoms with Crippen LogP contribution in [0.5, 0.6) is 0 Å². The number of fused-ring (bicyclic) bond motifs is 1. The highest BCUT2D eigenvalue weighted by molar-refractivity contribution is 7.21. The number of thiophene rings is 1. The van der Waals surface area contributed by atoms with E-state index >= 15 is 0 Å². The van der Waals surface area contributed by atoms with Crippen molar-refractivity contribution in [3.8, 4) is 10.4 Å². The van der Waals surface area contributed by atoms with Crippen LogP contribution in [0.15, 0.2) is 67.0 Å². The summed E-state index contributed by atoms with van der Waals surface area (Å²) in [5.74, 6) is 0.913. The summed E-state index contributed by atoms with van der Waals surface area (Å²) >= 11 is 1.71. The van der Waals surface area contributed by atoms with Crippen molar-refractivity contribution in [3.63, 3.8) is 0 Å². The number of hydrogen-bond acceptors (Lipinski definition) is 4. The number of rotatable bonds is 5. The summed E-state index contributed by atoms with van der Waals surface area (Å²) in [6, 6.07) is 21.2. The number of nitrogens with zero attached hydrogens (tertiary/aromatic N) is 2. The van der Waals surface area contributed by atoms with Crippen LogP contribution in [0.2, 0.25) is 0 Å². The van der Waals surface area contributed by atoms with E-state index in [0.717, 1.165) is 29.0 Å². The van der Waals surface area contributed by atoms with Crippen LogP contribution in [-0.4, -0.2) is 16.5 Å². The Morgan fingerprint density at radius 1 is 0.960 bits per heavy atom. The zero-order valence-corrected chi connectivity index (χ0v) is 14.9. The topological polar surface area (TPSA) is 37.8 Å². The van der Waals surface area contributed by atoms with Crippen molar-refractivity contribution in [1.29, 1.82) is 0 Å². The molecule has 3 nitrogen and oxygen atoms in total. The van der Waals surface area contributed by atoms with E-state index in [9.17, 15) is 0 Å². The highest BCUT2D eigenvalue weighted by Gasteiger charge is 2.09. The number of anilines is 1. The Morgan fingerprint density at radius 2 is 1.84 bits per heavy atom. The fourth-order valence-electron chi connectivity index (χ4n) is 2.93. The number of hydrogen-bond donors (Lipinski definition) is 1. The molecule has 25 heavy (non-hydrogen) atoms. The number of aromatic nitrogens is 2. The van der Waals surface area contributed by atoms with Gasteiger partial charge in [-0.3, -0.25) is 0 Å². The summed E-state index contributed by atoms with van der Waals surface area (Å²) in [5.41, 5.74) is 3.86. The van der Waals surface area contributed by atoms with Gasteiger partial charge in [0.05, 0.1) is 5.39 Å². The van der Waals surface area contributed by atoms with Crippen LogP contribution in [0.3, 0.4) is 0 Å². The van der Waals surface area contributed by atoms with Gasteiger partial charge in [0.25, 0.3) is 0 Å². The van der Waals surface area contributed by atoms with E-state index < -0.39 is 0 Å². The van der Waals surface area contributed by atoms with Gasteiger partial charge in [-0.1, -0.05) is 60.2 Å². The molecule has 0 atom stereocenters. The zero-order valence-electron chi connectivity index (χ0n) is 14.1. The van der Waals surface area contributed by atoms with Crippen LogP contribution in [0.1, 0.15) is 11.1 Å². The molecule has 2 aromatic heterocycles. The van der Waals surface area contributed by atoms with Gasteiger partial charge in [0, 0.05) is 11.4 Å². The molecule has 0 saturated heterocycles. The minimum atomic E-state index is 0.853. The molecular weight excluding hydrogens is 326 g/mol. The predicted molar refractivity (Wildman–Crippen MR) is 106 cm³/mol. The first-order chi connectivity index (χ1) is 12.3. The highest BCUT2D eigenvalue weighted by Crippen LogP contribution is 2.34. The lowest BCUT2D eigenvalue weighted by atomic mass is 10.1. The lowest BCUT2D eigenvalue weighted by molar-refractivity contribution is 1.00. The minimum Gasteiger partial charge on any atom is -0.369 e. The van der Waals surface area contributed by atoms with E-state index in [4.69, 9.17) is 0 Å². The summed E-state index contributed by atoms with van der Waals surface area (Å²) < 4.78 is 0. The fraction of sp³-hybridized carbons (Fsp3) is 0.143. The molecule has 2 aromatic carbocycles. The third-order valence-electron chi connectivity index (χ3n) is 4.18. The average Bonchev–Trinajstić information content (AvgIpc) is 3.08. The van der Waals surface area contributed by atoms with Crippen molar-refractivity contribution < 1.29 is 0 Å². The molecule has 0 aliphatic heterocycles. The van der Waals surface area contributed by atoms with Crippen LogP contribution >= 0.6 is 11.3 Å². The maximum absolute atomic E-state index is 4.45. The Bertz CT molecular complexity index is 992. The Balaban J connectivity index is 1.54. The second-order valence-corrected chi connectivity index (χ2v) is 7.11. The van der Waals surface area contributed by atoms with Crippen LogP contribution < -0.4 is 5.32 Å². The van der Waals surface area contributed by atoms with Gasteiger partial charge in [-0.2, -0.15) is 0 Å². The van der Waals surface area contributed by atoms with Crippen LogP contribution in [0.25, 0.3) is 20.7 Å². The molecule has 0 saturated carbocycles. The second-order valence-electron chi connectivity index (χ2n) is 6.08. The molecular formula is C21H19N3S. The van der Waals surface area contributed by atoms with Gasteiger partial charge in [0.1, 0.15) is 17.0 Å². The van der Waals surface area contributed by atoms with E-state index in [1.54, 1.807) is 17.7 Å². The van der Waals surface area contributed by atoms with Gasteiger partial charge in [0.15, 0.2) is 0 Å². The monoisotopic (exact) mass is 345 g/mol. The maximum Gasteiger partial charge on any atom is 0.138 e. The minimum absolute atomic E-state index is 0.853. The van der Waals surface area contributed by atoms with Gasteiger partial charge in [-0.05, 0) is 30.5 Å². The third-order valence-corrected chi connectivity index (χ3v) is 5.27. The smallest absolute Gasteiger partial charge is 0.138 e. The Morgan fingerprint density at radius 3 is 2.68 bits per heavy atom. The van der Waals surface area contributed by atoms with Crippen LogP contribution in [0, 0.1) is 6.92 Å². The Hall–Kier alpha value is -2.72. The number of nitrogens with one attached hydrogen (secondary N) is 1. The van der Waals surface area contributed by atoms with E-state index in [2.05, 4.69) is 76.8 Å². The van der Waals surface area contributed by atoms with Crippen LogP contribution in [-0.2, 0) is 6.42 Å². The first-order valence-electron chi connectivity index (χ1n) is 8.39. The normalized spacial score (nSPS) is 10.9. The summed E-state index contributed by atoms with van der Waals surface area (Å²) in [4.78, 5) is 11.1. The summed E-state index contributed by atoms with van der Waals surface area (Å²) in [6.07, 6.45) is 2.62. The molecule has 0 bridgehead atoms. The highest BCUT2D eigenvalue weighted by atomic mass is 32.1. The Labute approximate surface area is 151 Å². The molecule has 0 unspecified atom stereocenters. The van der Waals surface area contributed by atoms with Gasteiger partial charge >= 0.3 is 0 Å². The van der Waals surface area contributed by atoms with E-state index in [1.807, 2.05) is 6.07 Å². The fourth-order valence-corrected chi connectivity index (χ4v) is 3.94. The molecule has 0 aliphatic carbocycles. The first-order valence-corrected chi connectivity index (χ1v) is 9.20. The van der Waals surface area contributed by atoms with Gasteiger partial charge < -0.3 is 5.32 Å². The van der Waals surface area contributed by atoms with Crippen molar-refractivity contribution in [3.05, 3.63) is 78.1 Å². The zero-order chi connectivity index (χ0) is 17.1. The number of aryl methyl sites for hydroxylation is 1. The van der Waals surface area contributed by atoms with Crippen LogP contribution in [0.4, 0.5) is 5.82 Å². The molecule has 2 heterocycles. The largest absolute Gasteiger partial charge is 0.369 e. The second kappa shape index (κ2) is 7.03. The molecule has 1 N–H and O–H groups in total. The van der Waals surface area contributed by atoms with Gasteiger partial charge in [-0.25, -0.2) is 9.97 Å². The molecule has 4 rings (SSSR count). The van der Waals surface area contributed by atoms with E-state index in [1.165, 1.54) is 21.6 Å². The summed E-state index contributed by atoms with van der Waals surface area (Å²) in [7, 11) is 0.